The molecule has 1 saturated heterocycles. The van der Waals surface area contributed by atoms with Crippen molar-refractivity contribution in [3.8, 4) is 0 Å². The molecule has 1 fully saturated rings. The van der Waals surface area contributed by atoms with Crippen LogP contribution in [0.25, 0.3) is 10.8 Å². The molecule has 0 saturated carbocycles. The SMILES string of the molecule is Cc1noc(C)c1S(=O)(=O)N1CCN(c2ccc([N+](=O)[O-])c3cnccc23)CC1. The number of aryl methyl sites for hydroxylation is 2. The molecular weight excluding hydrogens is 398 g/mol. The molecule has 0 aliphatic carbocycles. The summed E-state index contributed by atoms with van der Waals surface area (Å²) in [4.78, 5) is 17.0. The van der Waals surface area contributed by atoms with E-state index in [1.807, 2.05) is 4.90 Å². The van der Waals surface area contributed by atoms with E-state index in [0.717, 1.165) is 11.1 Å². The second kappa shape index (κ2) is 7.08. The van der Waals surface area contributed by atoms with Crippen molar-refractivity contribution in [1.29, 1.82) is 0 Å². The fourth-order valence-corrected chi connectivity index (χ4v) is 5.45. The van der Waals surface area contributed by atoms with E-state index < -0.39 is 14.9 Å². The van der Waals surface area contributed by atoms with E-state index in [2.05, 4.69) is 10.1 Å². The summed E-state index contributed by atoms with van der Waals surface area (Å²) in [6, 6.07) is 4.91. The van der Waals surface area contributed by atoms with Crippen LogP contribution in [0.1, 0.15) is 11.5 Å². The first kappa shape index (κ1) is 19.3. The number of nitrogens with zero attached hydrogens (tertiary/aromatic N) is 5. The number of rotatable bonds is 4. The first-order valence-corrected chi connectivity index (χ1v) is 10.4. The zero-order chi connectivity index (χ0) is 20.8. The molecule has 2 aromatic heterocycles. The summed E-state index contributed by atoms with van der Waals surface area (Å²) >= 11 is 0. The van der Waals surface area contributed by atoms with Gasteiger partial charge < -0.3 is 9.42 Å². The number of sulfonamides is 1. The minimum Gasteiger partial charge on any atom is -0.368 e. The molecule has 0 N–H and O–H groups in total. The van der Waals surface area contributed by atoms with Crippen molar-refractivity contribution in [2.24, 2.45) is 0 Å². The highest BCUT2D eigenvalue weighted by molar-refractivity contribution is 7.89. The van der Waals surface area contributed by atoms with Crippen molar-refractivity contribution in [1.82, 2.24) is 14.4 Å². The molecule has 1 aromatic carbocycles. The molecular formula is C18H19N5O5S. The molecule has 4 rings (SSSR count). The lowest BCUT2D eigenvalue weighted by Gasteiger charge is -2.35. The Kier molecular flexibility index (Phi) is 4.71. The lowest BCUT2D eigenvalue weighted by atomic mass is 10.1. The average molecular weight is 417 g/mol. The molecule has 0 bridgehead atoms. The summed E-state index contributed by atoms with van der Waals surface area (Å²) in [5, 5.41) is 16.2. The summed E-state index contributed by atoms with van der Waals surface area (Å²) in [6.45, 7) is 4.68. The average Bonchev–Trinajstić information content (AvgIpc) is 3.06. The Labute approximate surface area is 166 Å². The monoisotopic (exact) mass is 417 g/mol. The van der Waals surface area contributed by atoms with E-state index in [4.69, 9.17) is 4.52 Å². The van der Waals surface area contributed by atoms with Gasteiger partial charge in [0.1, 0.15) is 10.6 Å². The van der Waals surface area contributed by atoms with Crippen LogP contribution in [0, 0.1) is 24.0 Å². The normalized spacial score (nSPS) is 15.7. The van der Waals surface area contributed by atoms with Crippen molar-refractivity contribution in [2.45, 2.75) is 18.7 Å². The van der Waals surface area contributed by atoms with Crippen LogP contribution >= 0.6 is 0 Å². The number of nitro groups is 1. The number of hydrogen-bond donors (Lipinski definition) is 0. The predicted octanol–water partition coefficient (Wildman–Crippen LogP) is 2.26. The topological polar surface area (TPSA) is 123 Å². The molecule has 0 unspecified atom stereocenters. The van der Waals surface area contributed by atoms with E-state index in [9.17, 15) is 18.5 Å². The number of piperazine rings is 1. The van der Waals surface area contributed by atoms with Gasteiger partial charge in [0.05, 0.1) is 10.3 Å². The van der Waals surface area contributed by atoms with Gasteiger partial charge in [0.2, 0.25) is 10.0 Å². The van der Waals surface area contributed by atoms with Gasteiger partial charge in [0.15, 0.2) is 5.76 Å². The van der Waals surface area contributed by atoms with Crippen LogP contribution in [0.2, 0.25) is 0 Å². The number of non-ortho nitro benzene ring substituents is 1. The van der Waals surface area contributed by atoms with Gasteiger partial charge in [0, 0.05) is 55.7 Å². The molecule has 1 aliphatic rings. The van der Waals surface area contributed by atoms with Gasteiger partial charge in [0.25, 0.3) is 5.69 Å². The van der Waals surface area contributed by atoms with E-state index in [0.29, 0.717) is 24.2 Å². The Morgan fingerprint density at radius 1 is 1.10 bits per heavy atom. The third kappa shape index (κ3) is 3.21. The zero-order valence-corrected chi connectivity index (χ0v) is 16.7. The van der Waals surface area contributed by atoms with Gasteiger partial charge in [-0.25, -0.2) is 8.42 Å². The Morgan fingerprint density at radius 3 is 2.45 bits per heavy atom. The van der Waals surface area contributed by atoms with Crippen LogP contribution in [0.4, 0.5) is 11.4 Å². The molecule has 11 heteroatoms. The number of aromatic nitrogens is 2. The lowest BCUT2D eigenvalue weighted by Crippen LogP contribution is -2.48. The molecule has 3 aromatic rings. The Hall–Kier alpha value is -3.05. The first-order valence-electron chi connectivity index (χ1n) is 9.00. The molecule has 152 valence electrons. The summed E-state index contributed by atoms with van der Waals surface area (Å²) in [6.07, 6.45) is 3.07. The third-order valence-corrected chi connectivity index (χ3v) is 7.26. The number of anilines is 1. The maximum Gasteiger partial charge on any atom is 0.278 e. The van der Waals surface area contributed by atoms with Gasteiger partial charge >= 0.3 is 0 Å². The highest BCUT2D eigenvalue weighted by atomic mass is 32.2. The molecule has 0 radical (unpaired) electrons. The van der Waals surface area contributed by atoms with Crippen LogP contribution in [0.15, 0.2) is 40.0 Å². The molecule has 1 aliphatic heterocycles. The van der Waals surface area contributed by atoms with Crippen LogP contribution in [-0.2, 0) is 10.0 Å². The summed E-state index contributed by atoms with van der Waals surface area (Å²) in [5.41, 5.74) is 1.16. The minimum absolute atomic E-state index is 0.00327. The summed E-state index contributed by atoms with van der Waals surface area (Å²) < 4.78 is 32.4. The molecule has 0 spiro atoms. The zero-order valence-electron chi connectivity index (χ0n) is 15.9. The van der Waals surface area contributed by atoms with E-state index in [-0.39, 0.29) is 29.4 Å². The van der Waals surface area contributed by atoms with E-state index in [1.165, 1.54) is 16.6 Å². The smallest absolute Gasteiger partial charge is 0.278 e. The third-order valence-electron chi connectivity index (χ3n) is 5.11. The van der Waals surface area contributed by atoms with Crippen molar-refractivity contribution in [3.05, 3.63) is 52.2 Å². The van der Waals surface area contributed by atoms with Crippen LogP contribution in [-0.4, -0.2) is 54.0 Å². The van der Waals surface area contributed by atoms with Crippen LogP contribution in [0.5, 0.6) is 0 Å². The highest BCUT2D eigenvalue weighted by Gasteiger charge is 2.33. The van der Waals surface area contributed by atoms with Gasteiger partial charge in [-0.1, -0.05) is 5.16 Å². The molecule has 0 amide bonds. The standard InChI is InChI=1S/C18H19N5O5S/c1-12-18(13(2)28-20-12)29(26,27)22-9-7-21(8-10-22)16-3-4-17(23(24)25)15-11-19-6-5-14(15)16/h3-6,11H,7-10H2,1-2H3. The van der Waals surface area contributed by atoms with Gasteiger partial charge in [-0.2, -0.15) is 4.31 Å². The molecule has 10 nitrogen and oxygen atoms in total. The second-order valence-electron chi connectivity index (χ2n) is 6.83. The minimum atomic E-state index is -3.70. The number of fused-ring (bicyclic) bond motifs is 1. The number of hydrogen-bond acceptors (Lipinski definition) is 8. The second-order valence-corrected chi connectivity index (χ2v) is 8.70. The van der Waals surface area contributed by atoms with Crippen molar-refractivity contribution >= 4 is 32.2 Å². The van der Waals surface area contributed by atoms with Gasteiger partial charge in [-0.3, -0.25) is 15.1 Å². The predicted molar refractivity (Wildman–Crippen MR) is 105 cm³/mol. The van der Waals surface area contributed by atoms with Gasteiger partial charge in [-0.15, -0.1) is 0 Å². The maximum atomic E-state index is 13.0. The highest BCUT2D eigenvalue weighted by Crippen LogP contribution is 2.34. The molecule has 29 heavy (non-hydrogen) atoms. The van der Waals surface area contributed by atoms with Crippen LogP contribution < -0.4 is 4.90 Å². The fourth-order valence-electron chi connectivity index (χ4n) is 3.74. The Bertz CT molecular complexity index is 1180. The lowest BCUT2D eigenvalue weighted by molar-refractivity contribution is -0.383. The first-order chi connectivity index (χ1) is 13.8. The maximum absolute atomic E-state index is 13.0. The quantitative estimate of drug-likeness (QED) is 0.468. The van der Waals surface area contributed by atoms with Gasteiger partial charge in [-0.05, 0) is 26.0 Å². The summed E-state index contributed by atoms with van der Waals surface area (Å²) in [5.74, 6) is 0.277. The Balaban J connectivity index is 1.61. The summed E-state index contributed by atoms with van der Waals surface area (Å²) in [7, 11) is -3.70. The van der Waals surface area contributed by atoms with Crippen LogP contribution in [0.3, 0.4) is 0 Å². The largest absolute Gasteiger partial charge is 0.368 e. The number of benzene rings is 1. The van der Waals surface area contributed by atoms with E-state index in [1.54, 1.807) is 32.2 Å². The number of pyridine rings is 1. The van der Waals surface area contributed by atoms with Crippen molar-refractivity contribution < 1.29 is 17.9 Å². The molecule has 0 atom stereocenters. The number of nitro benzene ring substituents is 1. The van der Waals surface area contributed by atoms with E-state index >= 15 is 0 Å². The van der Waals surface area contributed by atoms with Crippen molar-refractivity contribution in [2.75, 3.05) is 31.1 Å². The Morgan fingerprint density at radius 2 is 1.83 bits per heavy atom. The van der Waals surface area contributed by atoms with Crippen molar-refractivity contribution in [3.63, 3.8) is 0 Å². The molecule has 3 heterocycles. The fraction of sp³-hybridized carbons (Fsp3) is 0.333.